The van der Waals surface area contributed by atoms with Gasteiger partial charge in [-0.2, -0.15) is 0 Å². The quantitative estimate of drug-likeness (QED) is 0.317. The zero-order valence-corrected chi connectivity index (χ0v) is 15.4. The number of hydrogen-bond acceptors (Lipinski definition) is 2. The summed E-state index contributed by atoms with van der Waals surface area (Å²) < 4.78 is 6.81. The van der Waals surface area contributed by atoms with Gasteiger partial charge in [0.15, 0.2) is 5.78 Å². The summed E-state index contributed by atoms with van der Waals surface area (Å²) in [6.07, 6.45) is 8.07. The van der Waals surface area contributed by atoms with E-state index in [9.17, 15) is 4.79 Å². The lowest BCUT2D eigenvalue weighted by Gasteiger charge is -2.29. The van der Waals surface area contributed by atoms with E-state index in [1.165, 1.54) is 45.1 Å². The van der Waals surface area contributed by atoms with Gasteiger partial charge in [-0.05, 0) is 44.0 Å². The number of likely N-dealkylation sites (N-methyl/N-ethyl adjacent to an activating group) is 1. The first kappa shape index (κ1) is 19.7. The van der Waals surface area contributed by atoms with E-state index < -0.39 is 0 Å². The van der Waals surface area contributed by atoms with Gasteiger partial charge < -0.3 is 9.22 Å². The minimum Gasteiger partial charge on any atom is -0.488 e. The molecule has 0 saturated carbocycles. The lowest BCUT2D eigenvalue weighted by Crippen LogP contribution is -2.43. The highest BCUT2D eigenvalue weighted by molar-refractivity contribution is 5.94. The van der Waals surface area contributed by atoms with Gasteiger partial charge in [-0.15, -0.1) is 0 Å². The largest absolute Gasteiger partial charge is 0.488 e. The van der Waals surface area contributed by atoms with E-state index in [0.717, 1.165) is 22.3 Å². The summed E-state index contributed by atoms with van der Waals surface area (Å²) in [4.78, 5) is 11.2. The van der Waals surface area contributed by atoms with Crippen molar-refractivity contribution in [1.82, 2.24) is 0 Å². The Labute approximate surface area is 142 Å². The molecule has 0 heterocycles. The molecule has 0 N–H and O–H groups in total. The molecule has 1 aromatic carbocycles. The highest BCUT2D eigenvalue weighted by Gasteiger charge is 2.14. The van der Waals surface area contributed by atoms with Crippen molar-refractivity contribution in [3.63, 3.8) is 0 Å². The first-order valence-corrected chi connectivity index (χ1v) is 9.00. The number of Topliss-reactive ketones (excluding diaryl/α,β-unsaturated/α-hetero) is 1. The summed E-state index contributed by atoms with van der Waals surface area (Å²) >= 11 is 0. The van der Waals surface area contributed by atoms with E-state index in [1.54, 1.807) is 6.92 Å². The van der Waals surface area contributed by atoms with Crippen molar-refractivity contribution in [2.75, 3.05) is 33.8 Å². The fourth-order valence-electron chi connectivity index (χ4n) is 2.63. The number of unbranched alkanes of at least 4 members (excludes halogenated alkanes) is 5. The van der Waals surface area contributed by atoms with E-state index in [-0.39, 0.29) is 5.78 Å². The Morgan fingerprint density at radius 2 is 1.57 bits per heavy atom. The van der Waals surface area contributed by atoms with Crippen LogP contribution in [0, 0.1) is 0 Å². The second-order valence-electron chi connectivity index (χ2n) is 7.08. The Morgan fingerprint density at radius 3 is 2.17 bits per heavy atom. The lowest BCUT2D eigenvalue weighted by atomic mass is 10.1. The van der Waals surface area contributed by atoms with E-state index in [0.29, 0.717) is 6.61 Å². The van der Waals surface area contributed by atoms with Crippen LogP contribution >= 0.6 is 0 Å². The van der Waals surface area contributed by atoms with Crippen LogP contribution in [-0.4, -0.2) is 44.1 Å². The maximum absolute atomic E-state index is 11.2. The molecule has 0 amide bonds. The minimum atomic E-state index is 0.0910. The Kier molecular flexibility index (Phi) is 8.93. The molecule has 0 atom stereocenters. The first-order chi connectivity index (χ1) is 10.9. The smallest absolute Gasteiger partial charge is 0.159 e. The second kappa shape index (κ2) is 10.4. The number of ether oxygens (including phenoxy) is 1. The summed E-state index contributed by atoms with van der Waals surface area (Å²) in [7, 11) is 4.54. The molecule has 0 aromatic heterocycles. The summed E-state index contributed by atoms with van der Waals surface area (Å²) in [6, 6.07) is 7.41. The van der Waals surface area contributed by atoms with Gasteiger partial charge in [-0.3, -0.25) is 4.79 Å². The third kappa shape index (κ3) is 8.75. The average Bonchev–Trinajstić information content (AvgIpc) is 2.51. The number of carbonyl (C=O) groups is 1. The van der Waals surface area contributed by atoms with Crippen molar-refractivity contribution < 1.29 is 14.0 Å². The standard InChI is InChI=1S/C20H34NO2/c1-5-6-7-8-9-10-15-21(3,4)16-17-23-20-13-11-19(12-14-20)18(2)22/h11-14H,5-10,15-17H2,1-4H3/q+1. The second-order valence-corrected chi connectivity index (χ2v) is 7.08. The van der Waals surface area contributed by atoms with Crippen molar-refractivity contribution in [2.24, 2.45) is 0 Å². The Bertz CT molecular complexity index is 451. The van der Waals surface area contributed by atoms with Crippen LogP contribution in [-0.2, 0) is 0 Å². The fourth-order valence-corrected chi connectivity index (χ4v) is 2.63. The predicted molar refractivity (Wildman–Crippen MR) is 97.2 cm³/mol. The van der Waals surface area contributed by atoms with E-state index in [2.05, 4.69) is 21.0 Å². The molecule has 0 unspecified atom stereocenters. The predicted octanol–water partition coefficient (Wildman–Crippen LogP) is 4.70. The molecular weight excluding hydrogens is 286 g/mol. The molecule has 0 radical (unpaired) electrons. The van der Waals surface area contributed by atoms with Crippen molar-refractivity contribution in [1.29, 1.82) is 0 Å². The van der Waals surface area contributed by atoms with Crippen molar-refractivity contribution in [3.8, 4) is 5.75 Å². The zero-order chi connectivity index (χ0) is 17.1. The molecule has 23 heavy (non-hydrogen) atoms. The van der Waals surface area contributed by atoms with Gasteiger partial charge in [0.2, 0.25) is 0 Å². The number of quaternary nitrogens is 1. The molecule has 0 aliphatic heterocycles. The minimum absolute atomic E-state index is 0.0910. The summed E-state index contributed by atoms with van der Waals surface area (Å²) in [5.41, 5.74) is 0.733. The SMILES string of the molecule is CCCCCCCC[N+](C)(C)CCOc1ccc(C(C)=O)cc1. The van der Waals surface area contributed by atoms with Gasteiger partial charge in [0.1, 0.15) is 18.9 Å². The van der Waals surface area contributed by atoms with Crippen LogP contribution < -0.4 is 4.74 Å². The molecule has 0 spiro atoms. The monoisotopic (exact) mass is 320 g/mol. The molecule has 3 heteroatoms. The van der Waals surface area contributed by atoms with Gasteiger partial charge >= 0.3 is 0 Å². The summed E-state index contributed by atoms with van der Waals surface area (Å²) in [5, 5.41) is 0. The van der Waals surface area contributed by atoms with Crippen LogP contribution in [0.5, 0.6) is 5.75 Å². The highest BCUT2D eigenvalue weighted by atomic mass is 16.5. The molecule has 0 saturated heterocycles. The van der Waals surface area contributed by atoms with Crippen molar-refractivity contribution in [3.05, 3.63) is 29.8 Å². The molecular formula is C20H34NO2+. The molecule has 3 nitrogen and oxygen atoms in total. The van der Waals surface area contributed by atoms with Gasteiger partial charge in [-0.1, -0.05) is 32.6 Å². The van der Waals surface area contributed by atoms with Crippen LogP contribution in [0.3, 0.4) is 0 Å². The van der Waals surface area contributed by atoms with Crippen molar-refractivity contribution in [2.45, 2.75) is 52.4 Å². The molecule has 0 aliphatic rings. The van der Waals surface area contributed by atoms with Crippen LogP contribution in [0.15, 0.2) is 24.3 Å². The molecule has 1 rings (SSSR count). The van der Waals surface area contributed by atoms with E-state index in [4.69, 9.17) is 4.74 Å². The molecule has 0 fully saturated rings. The number of nitrogens with zero attached hydrogens (tertiary/aromatic N) is 1. The number of ketones is 1. The molecule has 0 aliphatic carbocycles. The van der Waals surface area contributed by atoms with Crippen LogP contribution in [0.2, 0.25) is 0 Å². The van der Waals surface area contributed by atoms with Gasteiger partial charge in [-0.25, -0.2) is 0 Å². The molecule has 130 valence electrons. The van der Waals surface area contributed by atoms with Gasteiger partial charge in [0, 0.05) is 5.56 Å². The van der Waals surface area contributed by atoms with Crippen LogP contribution in [0.1, 0.15) is 62.7 Å². The maximum Gasteiger partial charge on any atom is 0.159 e. The molecule has 1 aromatic rings. The van der Waals surface area contributed by atoms with Crippen LogP contribution in [0.25, 0.3) is 0 Å². The number of benzene rings is 1. The number of rotatable bonds is 12. The Morgan fingerprint density at radius 1 is 0.957 bits per heavy atom. The Balaban J connectivity index is 2.21. The van der Waals surface area contributed by atoms with Gasteiger partial charge in [0.25, 0.3) is 0 Å². The van der Waals surface area contributed by atoms with E-state index in [1.807, 2.05) is 24.3 Å². The van der Waals surface area contributed by atoms with Crippen molar-refractivity contribution >= 4 is 5.78 Å². The van der Waals surface area contributed by atoms with Crippen LogP contribution in [0.4, 0.5) is 0 Å². The van der Waals surface area contributed by atoms with E-state index >= 15 is 0 Å². The topological polar surface area (TPSA) is 26.3 Å². The maximum atomic E-state index is 11.2. The fraction of sp³-hybridized carbons (Fsp3) is 0.650. The summed E-state index contributed by atoms with van der Waals surface area (Å²) in [6.45, 7) is 6.76. The highest BCUT2D eigenvalue weighted by Crippen LogP contribution is 2.13. The summed E-state index contributed by atoms with van der Waals surface area (Å²) in [5.74, 6) is 0.933. The van der Waals surface area contributed by atoms with Gasteiger partial charge in [0.05, 0.1) is 20.6 Å². The lowest BCUT2D eigenvalue weighted by molar-refractivity contribution is -0.890. The molecule has 0 bridgehead atoms. The zero-order valence-electron chi connectivity index (χ0n) is 15.4. The Hall–Kier alpha value is -1.35. The third-order valence-corrected chi connectivity index (χ3v) is 4.34. The normalized spacial score (nSPS) is 11.5. The average molecular weight is 320 g/mol. The number of hydrogen-bond donors (Lipinski definition) is 0. The third-order valence-electron chi connectivity index (χ3n) is 4.34. The number of carbonyl (C=O) groups excluding carboxylic acids is 1. The first-order valence-electron chi connectivity index (χ1n) is 9.00.